The van der Waals surface area contributed by atoms with E-state index >= 15 is 0 Å². The monoisotopic (exact) mass is 263 g/mol. The fourth-order valence-electron chi connectivity index (χ4n) is 1.95. The summed E-state index contributed by atoms with van der Waals surface area (Å²) in [6.45, 7) is -0.109. The molecule has 19 heavy (non-hydrogen) atoms. The Hall–Kier alpha value is -2.31. The van der Waals surface area contributed by atoms with Gasteiger partial charge < -0.3 is 5.11 Å². The molecule has 0 saturated carbocycles. The molecule has 1 N–H and O–H groups in total. The predicted octanol–water partition coefficient (Wildman–Crippen LogP) is 0.604. The minimum Gasteiger partial charge on any atom is -0.478 e. The Morgan fingerprint density at radius 3 is 2.47 bits per heavy atom. The summed E-state index contributed by atoms with van der Waals surface area (Å²) >= 11 is 0. The van der Waals surface area contributed by atoms with Crippen LogP contribution in [-0.2, 0) is 16.1 Å². The fraction of sp³-hybridized carbons (Fsp3) is 0.417. The van der Waals surface area contributed by atoms with Crippen molar-refractivity contribution < 1.29 is 19.5 Å². The van der Waals surface area contributed by atoms with Gasteiger partial charge in [0, 0.05) is 19.0 Å². The average Bonchev–Trinajstić information content (AvgIpc) is 2.54. The third-order valence-electron chi connectivity index (χ3n) is 2.97. The quantitative estimate of drug-likeness (QED) is 0.801. The van der Waals surface area contributed by atoms with Crippen molar-refractivity contribution in [1.82, 2.24) is 14.9 Å². The molecule has 7 heteroatoms. The number of hydrogen-bond acceptors (Lipinski definition) is 5. The topological polar surface area (TPSA) is 100 Å². The van der Waals surface area contributed by atoms with Crippen molar-refractivity contribution in [2.45, 2.75) is 32.2 Å². The number of aromatic nitrogens is 2. The number of rotatable bonds is 3. The number of carboxylic acids is 1. The first-order chi connectivity index (χ1) is 9.09. The smallest absolute Gasteiger partial charge is 0.339 e. The molecule has 1 aromatic rings. The minimum atomic E-state index is -1.18. The van der Waals surface area contributed by atoms with Crippen LogP contribution in [0.2, 0.25) is 0 Å². The van der Waals surface area contributed by atoms with E-state index in [-0.39, 0.29) is 29.6 Å². The highest BCUT2D eigenvalue weighted by atomic mass is 16.4. The van der Waals surface area contributed by atoms with Gasteiger partial charge in [-0.05, 0) is 12.8 Å². The molecule has 0 spiro atoms. The van der Waals surface area contributed by atoms with Gasteiger partial charge in [-0.25, -0.2) is 14.8 Å². The second-order valence-electron chi connectivity index (χ2n) is 4.27. The van der Waals surface area contributed by atoms with Gasteiger partial charge >= 0.3 is 5.97 Å². The number of nitrogens with zero attached hydrogens (tertiary/aromatic N) is 3. The van der Waals surface area contributed by atoms with Crippen molar-refractivity contribution in [1.29, 1.82) is 0 Å². The normalized spacial score (nSPS) is 16.3. The molecule has 0 aromatic carbocycles. The Balaban J connectivity index is 2.26. The summed E-state index contributed by atoms with van der Waals surface area (Å²) in [5.74, 6) is -1.74. The number of carbonyl (C=O) groups excluding carboxylic acids is 2. The summed E-state index contributed by atoms with van der Waals surface area (Å²) in [7, 11) is 0. The van der Waals surface area contributed by atoms with Crippen LogP contribution in [0, 0.1) is 0 Å². The van der Waals surface area contributed by atoms with Gasteiger partial charge in [0.15, 0.2) is 0 Å². The lowest BCUT2D eigenvalue weighted by Gasteiger charge is -2.18. The molecule has 0 bridgehead atoms. The Kier molecular flexibility index (Phi) is 3.84. The van der Waals surface area contributed by atoms with E-state index in [0.29, 0.717) is 25.7 Å². The highest BCUT2D eigenvalue weighted by molar-refractivity contribution is 5.96. The molecule has 1 aliphatic rings. The number of carbonyl (C=O) groups is 3. The molecule has 1 aliphatic heterocycles. The molecular formula is C12H13N3O4. The highest BCUT2D eigenvalue weighted by Crippen LogP contribution is 2.16. The molecule has 100 valence electrons. The van der Waals surface area contributed by atoms with Crippen LogP contribution in [-0.4, -0.2) is 37.8 Å². The second-order valence-corrected chi connectivity index (χ2v) is 4.27. The van der Waals surface area contributed by atoms with Crippen molar-refractivity contribution in [3.8, 4) is 0 Å². The molecule has 2 heterocycles. The van der Waals surface area contributed by atoms with Crippen LogP contribution < -0.4 is 0 Å². The summed E-state index contributed by atoms with van der Waals surface area (Å²) in [5.41, 5.74) is 0.0819. The first kappa shape index (κ1) is 13.1. The van der Waals surface area contributed by atoms with Crippen molar-refractivity contribution in [3.05, 3.63) is 23.8 Å². The van der Waals surface area contributed by atoms with E-state index in [1.807, 2.05) is 0 Å². The molecule has 7 nitrogen and oxygen atoms in total. The van der Waals surface area contributed by atoms with E-state index in [9.17, 15) is 14.4 Å². The largest absolute Gasteiger partial charge is 0.478 e. The fourth-order valence-corrected chi connectivity index (χ4v) is 1.95. The first-order valence-corrected chi connectivity index (χ1v) is 5.95. The van der Waals surface area contributed by atoms with Crippen LogP contribution in [0.3, 0.4) is 0 Å². The maximum atomic E-state index is 11.8. The SMILES string of the molecule is O=C(O)c1cncnc1CN1C(=O)CCCCC1=O. The van der Waals surface area contributed by atoms with Gasteiger partial charge in [-0.2, -0.15) is 0 Å². The molecule has 0 aliphatic carbocycles. The molecule has 2 rings (SSSR count). The average molecular weight is 263 g/mol. The van der Waals surface area contributed by atoms with Gasteiger partial charge in [-0.3, -0.25) is 14.5 Å². The van der Waals surface area contributed by atoms with Crippen molar-refractivity contribution in [3.63, 3.8) is 0 Å². The number of carboxylic acid groups (broad SMARTS) is 1. The van der Waals surface area contributed by atoms with Gasteiger partial charge in [-0.1, -0.05) is 0 Å². The van der Waals surface area contributed by atoms with Crippen molar-refractivity contribution in [2.24, 2.45) is 0 Å². The zero-order valence-electron chi connectivity index (χ0n) is 10.2. The summed E-state index contributed by atoms with van der Waals surface area (Å²) in [5, 5.41) is 9.01. The van der Waals surface area contributed by atoms with Gasteiger partial charge in [0.1, 0.15) is 11.9 Å². The second kappa shape index (κ2) is 5.55. The molecule has 2 amide bonds. The molecule has 1 saturated heterocycles. The number of imide groups is 1. The molecule has 1 fully saturated rings. The standard InChI is InChI=1S/C12H13N3O4/c16-10-3-1-2-4-11(17)15(10)6-9-8(12(18)19)5-13-7-14-9/h5,7H,1-4,6H2,(H,18,19). The third-order valence-corrected chi connectivity index (χ3v) is 2.97. The number of likely N-dealkylation sites (tertiary alicyclic amines) is 1. The van der Waals surface area contributed by atoms with Crippen LogP contribution >= 0.6 is 0 Å². The number of aromatic carboxylic acids is 1. The maximum absolute atomic E-state index is 11.8. The van der Waals surface area contributed by atoms with Crippen molar-refractivity contribution in [2.75, 3.05) is 0 Å². The molecule has 0 atom stereocenters. The summed E-state index contributed by atoms with van der Waals surface area (Å²) in [6, 6.07) is 0. The molecule has 0 radical (unpaired) electrons. The van der Waals surface area contributed by atoms with Crippen molar-refractivity contribution >= 4 is 17.8 Å². The van der Waals surface area contributed by atoms with Gasteiger partial charge in [0.25, 0.3) is 0 Å². The van der Waals surface area contributed by atoms with Gasteiger partial charge in [0.05, 0.1) is 12.2 Å². The van der Waals surface area contributed by atoms with Crippen LogP contribution in [0.4, 0.5) is 0 Å². The summed E-state index contributed by atoms with van der Waals surface area (Å²) in [6.07, 6.45) is 4.33. The zero-order chi connectivity index (χ0) is 13.8. The summed E-state index contributed by atoms with van der Waals surface area (Å²) < 4.78 is 0. The maximum Gasteiger partial charge on any atom is 0.339 e. The number of hydrogen-bond donors (Lipinski definition) is 1. The lowest BCUT2D eigenvalue weighted by Crippen LogP contribution is -2.35. The van der Waals surface area contributed by atoms with E-state index in [4.69, 9.17) is 5.11 Å². The lowest BCUT2D eigenvalue weighted by molar-refractivity contribution is -0.144. The van der Waals surface area contributed by atoms with E-state index in [1.165, 1.54) is 6.33 Å². The van der Waals surface area contributed by atoms with Crippen LogP contribution in [0.15, 0.2) is 12.5 Å². The van der Waals surface area contributed by atoms with E-state index < -0.39 is 5.97 Å². The predicted molar refractivity (Wildman–Crippen MR) is 63.0 cm³/mol. The zero-order valence-corrected chi connectivity index (χ0v) is 10.2. The number of amides is 2. The van der Waals surface area contributed by atoms with Crippen LogP contribution in [0.25, 0.3) is 0 Å². The lowest BCUT2D eigenvalue weighted by atomic mass is 10.2. The van der Waals surface area contributed by atoms with Gasteiger partial charge in [-0.15, -0.1) is 0 Å². The van der Waals surface area contributed by atoms with Gasteiger partial charge in [0.2, 0.25) is 11.8 Å². The van der Waals surface area contributed by atoms with E-state index in [2.05, 4.69) is 9.97 Å². The van der Waals surface area contributed by atoms with E-state index in [1.54, 1.807) is 0 Å². The Labute approximate surface area is 109 Å². The Morgan fingerprint density at radius 1 is 1.26 bits per heavy atom. The minimum absolute atomic E-state index is 0.0904. The Bertz CT molecular complexity index is 511. The first-order valence-electron chi connectivity index (χ1n) is 5.95. The highest BCUT2D eigenvalue weighted by Gasteiger charge is 2.26. The third kappa shape index (κ3) is 2.93. The Morgan fingerprint density at radius 2 is 1.89 bits per heavy atom. The van der Waals surface area contributed by atoms with E-state index in [0.717, 1.165) is 11.1 Å². The molecule has 1 aromatic heterocycles. The summed E-state index contributed by atoms with van der Waals surface area (Å²) in [4.78, 5) is 43.3. The molecule has 0 unspecified atom stereocenters. The van der Waals surface area contributed by atoms with Crippen LogP contribution in [0.5, 0.6) is 0 Å². The molecular weight excluding hydrogens is 250 g/mol. The van der Waals surface area contributed by atoms with Crippen LogP contribution in [0.1, 0.15) is 41.7 Å².